The van der Waals surface area contributed by atoms with E-state index < -0.39 is 0 Å². The number of nitrogen functional groups attached to an aromatic ring is 1. The number of rotatable bonds is 4. The molecule has 2 N–H and O–H groups in total. The quantitative estimate of drug-likeness (QED) is 0.671. The van der Waals surface area contributed by atoms with Crippen molar-refractivity contribution in [1.82, 2.24) is 19.4 Å². The van der Waals surface area contributed by atoms with Crippen molar-refractivity contribution in [2.24, 2.45) is 17.8 Å². The van der Waals surface area contributed by atoms with Crippen LogP contribution in [0.2, 0.25) is 5.28 Å². The van der Waals surface area contributed by atoms with E-state index in [2.05, 4.69) is 41.6 Å². The predicted molar refractivity (Wildman–Crippen MR) is 113 cm³/mol. The number of likely N-dealkylation sites (tertiary alicyclic amines) is 1. The van der Waals surface area contributed by atoms with Gasteiger partial charge < -0.3 is 15.2 Å². The molecule has 0 radical (unpaired) electrons. The van der Waals surface area contributed by atoms with Crippen molar-refractivity contribution < 1.29 is 0 Å². The van der Waals surface area contributed by atoms with Gasteiger partial charge in [0, 0.05) is 23.3 Å². The molecule has 2 aliphatic carbocycles. The van der Waals surface area contributed by atoms with Crippen LogP contribution < -0.4 is 5.73 Å². The van der Waals surface area contributed by atoms with Gasteiger partial charge in [-0.05, 0) is 103 Å². The molecule has 2 atom stereocenters. The second kappa shape index (κ2) is 7.20. The van der Waals surface area contributed by atoms with Gasteiger partial charge >= 0.3 is 0 Å². The Morgan fingerprint density at radius 3 is 2.59 bits per heavy atom. The Morgan fingerprint density at radius 2 is 1.85 bits per heavy atom. The van der Waals surface area contributed by atoms with Crippen LogP contribution in [0.4, 0.5) is 5.82 Å². The van der Waals surface area contributed by atoms with E-state index in [9.17, 15) is 0 Å². The highest BCUT2D eigenvalue weighted by Crippen LogP contribution is 2.44. The third kappa shape index (κ3) is 3.60. The van der Waals surface area contributed by atoms with Crippen LogP contribution in [0.25, 0.3) is 11.0 Å². The largest absolute Gasteiger partial charge is 0.383 e. The number of halogens is 2. The Labute approximate surface area is 173 Å². The van der Waals surface area contributed by atoms with E-state index in [1.165, 1.54) is 64.6 Å². The molecule has 146 valence electrons. The minimum absolute atomic E-state index is 0.226. The molecule has 3 aliphatic rings. The van der Waals surface area contributed by atoms with Crippen molar-refractivity contribution in [3.63, 3.8) is 0 Å². The SMILES string of the molecule is Nc1nc(Cl)nc2c1c(Br)cn2C1CCC(C2CCN(CC3CC3)CC2)C1. The number of anilines is 1. The summed E-state index contributed by atoms with van der Waals surface area (Å²) in [7, 11) is 0. The van der Waals surface area contributed by atoms with Gasteiger partial charge in [-0.25, -0.2) is 4.98 Å². The zero-order chi connectivity index (χ0) is 18.5. The van der Waals surface area contributed by atoms with Crippen LogP contribution >= 0.6 is 27.5 Å². The third-order valence-corrected chi connectivity index (χ3v) is 7.75. The van der Waals surface area contributed by atoms with Crippen LogP contribution in [-0.2, 0) is 0 Å². The Bertz CT molecular complexity index is 840. The molecule has 7 heteroatoms. The van der Waals surface area contributed by atoms with Crippen molar-refractivity contribution in [1.29, 1.82) is 0 Å². The highest BCUT2D eigenvalue weighted by atomic mass is 79.9. The summed E-state index contributed by atoms with van der Waals surface area (Å²) in [6.07, 6.45) is 11.6. The van der Waals surface area contributed by atoms with E-state index in [0.29, 0.717) is 11.9 Å². The van der Waals surface area contributed by atoms with Gasteiger partial charge in [0.25, 0.3) is 0 Å². The molecule has 2 saturated carbocycles. The van der Waals surface area contributed by atoms with Gasteiger partial charge in [0.05, 0.1) is 5.39 Å². The average Bonchev–Trinajstić information content (AvgIpc) is 3.20. The molecule has 3 fully saturated rings. The van der Waals surface area contributed by atoms with Crippen LogP contribution in [0.5, 0.6) is 0 Å². The first kappa shape index (κ1) is 18.2. The van der Waals surface area contributed by atoms with Crippen LogP contribution in [-0.4, -0.2) is 39.1 Å². The fourth-order valence-corrected chi connectivity index (χ4v) is 6.10. The number of hydrogen-bond donors (Lipinski definition) is 1. The molecule has 2 aromatic rings. The molecular formula is C20H27BrClN5. The topological polar surface area (TPSA) is 60.0 Å². The summed E-state index contributed by atoms with van der Waals surface area (Å²) >= 11 is 9.71. The molecule has 27 heavy (non-hydrogen) atoms. The number of piperidine rings is 1. The van der Waals surface area contributed by atoms with E-state index in [1.807, 2.05) is 0 Å². The molecule has 1 saturated heterocycles. The molecule has 3 heterocycles. The minimum atomic E-state index is 0.226. The predicted octanol–water partition coefficient (Wildman–Crippen LogP) is 4.89. The third-order valence-electron chi connectivity index (χ3n) is 6.98. The number of aromatic nitrogens is 3. The van der Waals surface area contributed by atoms with Crippen molar-refractivity contribution in [3.8, 4) is 0 Å². The summed E-state index contributed by atoms with van der Waals surface area (Å²) < 4.78 is 3.24. The molecule has 0 aromatic carbocycles. The maximum absolute atomic E-state index is 6.08. The monoisotopic (exact) mass is 451 g/mol. The Morgan fingerprint density at radius 1 is 1.07 bits per heavy atom. The lowest BCUT2D eigenvalue weighted by Crippen LogP contribution is -2.37. The Hall–Kier alpha value is -0.850. The van der Waals surface area contributed by atoms with E-state index in [4.69, 9.17) is 17.3 Å². The van der Waals surface area contributed by atoms with Crippen LogP contribution in [0, 0.1) is 17.8 Å². The molecular weight excluding hydrogens is 426 g/mol. The first-order valence-electron chi connectivity index (χ1n) is 10.3. The smallest absolute Gasteiger partial charge is 0.226 e. The molecule has 0 bridgehead atoms. The highest BCUT2D eigenvalue weighted by Gasteiger charge is 2.35. The summed E-state index contributed by atoms with van der Waals surface area (Å²) in [6, 6.07) is 0.485. The summed E-state index contributed by atoms with van der Waals surface area (Å²) in [5.74, 6) is 3.19. The summed E-state index contributed by atoms with van der Waals surface area (Å²) in [5, 5.41) is 1.11. The molecule has 2 unspecified atom stereocenters. The first-order valence-corrected chi connectivity index (χ1v) is 11.5. The van der Waals surface area contributed by atoms with Gasteiger partial charge in [0.1, 0.15) is 11.5 Å². The molecule has 0 amide bonds. The van der Waals surface area contributed by atoms with Crippen molar-refractivity contribution >= 4 is 44.4 Å². The van der Waals surface area contributed by atoms with E-state index in [1.54, 1.807) is 0 Å². The molecule has 5 rings (SSSR count). The number of fused-ring (bicyclic) bond motifs is 1. The van der Waals surface area contributed by atoms with Crippen LogP contribution in [0.3, 0.4) is 0 Å². The zero-order valence-corrected chi connectivity index (χ0v) is 17.9. The van der Waals surface area contributed by atoms with E-state index in [-0.39, 0.29) is 5.28 Å². The average molecular weight is 453 g/mol. The summed E-state index contributed by atoms with van der Waals surface area (Å²) in [5.41, 5.74) is 6.95. The van der Waals surface area contributed by atoms with Gasteiger partial charge in [-0.2, -0.15) is 4.98 Å². The van der Waals surface area contributed by atoms with Gasteiger partial charge in [-0.3, -0.25) is 0 Å². The second-order valence-corrected chi connectivity index (χ2v) is 9.96. The van der Waals surface area contributed by atoms with Crippen LogP contribution in [0.15, 0.2) is 10.7 Å². The van der Waals surface area contributed by atoms with Crippen molar-refractivity contribution in [2.45, 2.75) is 51.0 Å². The van der Waals surface area contributed by atoms with Gasteiger partial charge in [-0.15, -0.1) is 0 Å². The lowest BCUT2D eigenvalue weighted by atomic mass is 9.83. The standard InChI is InChI=1S/C20H27BrClN5/c21-16-11-27(19-17(16)18(23)24-20(22)25-19)15-4-3-14(9-15)13-5-7-26(8-6-13)10-12-1-2-12/h11-15H,1-10H2,(H2,23,24,25). The number of nitrogens with zero attached hydrogens (tertiary/aromatic N) is 4. The van der Waals surface area contributed by atoms with Crippen molar-refractivity contribution in [3.05, 3.63) is 16.0 Å². The molecule has 5 nitrogen and oxygen atoms in total. The lowest BCUT2D eigenvalue weighted by Gasteiger charge is -2.35. The maximum Gasteiger partial charge on any atom is 0.226 e. The van der Waals surface area contributed by atoms with E-state index >= 15 is 0 Å². The normalized spacial score (nSPS) is 27.6. The Balaban J connectivity index is 1.28. The summed E-state index contributed by atoms with van der Waals surface area (Å²) in [4.78, 5) is 11.3. The maximum atomic E-state index is 6.08. The van der Waals surface area contributed by atoms with Gasteiger partial charge in [0.15, 0.2) is 0 Å². The van der Waals surface area contributed by atoms with Crippen LogP contribution in [0.1, 0.15) is 51.0 Å². The second-order valence-electron chi connectivity index (χ2n) is 8.77. The van der Waals surface area contributed by atoms with Gasteiger partial charge in [0.2, 0.25) is 5.28 Å². The van der Waals surface area contributed by atoms with Crippen molar-refractivity contribution in [2.75, 3.05) is 25.4 Å². The fraction of sp³-hybridized carbons (Fsp3) is 0.700. The first-order chi connectivity index (χ1) is 13.1. The minimum Gasteiger partial charge on any atom is -0.383 e. The Kier molecular flexibility index (Phi) is 4.85. The lowest BCUT2D eigenvalue weighted by molar-refractivity contribution is 0.142. The highest BCUT2D eigenvalue weighted by molar-refractivity contribution is 9.10. The molecule has 1 aliphatic heterocycles. The molecule has 2 aromatic heterocycles. The molecule has 0 spiro atoms. The summed E-state index contributed by atoms with van der Waals surface area (Å²) in [6.45, 7) is 3.96. The number of nitrogens with two attached hydrogens (primary N) is 1. The van der Waals surface area contributed by atoms with Gasteiger partial charge in [-0.1, -0.05) is 0 Å². The fourth-order valence-electron chi connectivity index (χ4n) is 5.33. The zero-order valence-electron chi connectivity index (χ0n) is 15.6. The number of hydrogen-bond acceptors (Lipinski definition) is 4. The van der Waals surface area contributed by atoms with E-state index in [0.717, 1.165) is 33.3 Å².